The normalized spacial score (nSPS) is 12.3. The predicted molar refractivity (Wildman–Crippen MR) is 536 cm³/mol. The molecule has 17 aromatic carbocycles. The van der Waals surface area contributed by atoms with Gasteiger partial charge in [0.2, 0.25) is 11.9 Å². The van der Waals surface area contributed by atoms with Gasteiger partial charge in [-0.15, -0.1) is 0 Å². The Morgan fingerprint density at radius 3 is 0.992 bits per heavy atom. The summed E-state index contributed by atoms with van der Waals surface area (Å²) >= 11 is 0. The van der Waals surface area contributed by atoms with Gasteiger partial charge in [0.25, 0.3) is 0 Å². The molecule has 0 saturated heterocycles. The molecule has 131 heavy (non-hydrogen) atoms. The average Bonchev–Trinajstić information content (AvgIpc) is 1.52. The molecule has 0 spiro atoms. The second-order valence-corrected chi connectivity index (χ2v) is 34.1. The van der Waals surface area contributed by atoms with E-state index in [1.165, 1.54) is 163 Å². The van der Waals surface area contributed by atoms with Gasteiger partial charge in [-0.25, -0.2) is 24.8 Å². The highest BCUT2D eigenvalue weighted by Crippen LogP contribution is 2.53. The highest BCUT2D eigenvalue weighted by atomic mass is 15.2. The summed E-state index contributed by atoms with van der Waals surface area (Å²) in [5, 5.41) is 30.1. The summed E-state index contributed by atoms with van der Waals surface area (Å²) in [6, 6.07) is 122. The molecule has 0 saturated carbocycles. The largest absolute Gasteiger partial charge is 0.359 e. The maximum Gasteiger partial charge on any atom is 0.332 e. The number of nitrogens with zero attached hydrogens (tertiary/aromatic N) is 16. The van der Waals surface area contributed by atoms with Crippen LogP contribution >= 0.6 is 0 Å². The van der Waals surface area contributed by atoms with E-state index in [1.54, 1.807) is 12.4 Å². The summed E-state index contributed by atoms with van der Waals surface area (Å²) in [6.45, 7) is 17.5. The maximum atomic E-state index is 7.92. The molecule has 16 heteroatoms. The van der Waals surface area contributed by atoms with E-state index in [9.17, 15) is 0 Å². The average molecular weight is 1670 g/mol. The molecule has 16 nitrogen and oxygen atoms in total. The topological polar surface area (TPSA) is 140 Å². The van der Waals surface area contributed by atoms with E-state index >= 15 is 0 Å². The molecule has 0 aliphatic carbocycles. The number of fused-ring (bicyclic) bond motifs is 39. The van der Waals surface area contributed by atoms with Crippen LogP contribution in [0.3, 0.4) is 0 Å². The van der Waals surface area contributed by atoms with Crippen molar-refractivity contribution in [3.63, 3.8) is 0 Å². The number of para-hydroxylation sites is 7. The molecule has 31 rings (SSSR count). The highest BCUT2D eigenvalue weighted by Gasteiger charge is 2.32. The molecule has 0 fully saturated rings. The fourth-order valence-electron chi connectivity index (χ4n) is 22.3. The Bertz CT molecular complexity index is 10600. The fourth-order valence-corrected chi connectivity index (χ4v) is 22.3. The van der Waals surface area contributed by atoms with Crippen LogP contribution in [0, 0.1) is 20.1 Å². The van der Waals surface area contributed by atoms with Gasteiger partial charge in [0.1, 0.15) is 16.7 Å². The van der Waals surface area contributed by atoms with Crippen molar-refractivity contribution < 1.29 is 0 Å². The van der Waals surface area contributed by atoms with Gasteiger partial charge >= 0.3 is 11.8 Å². The van der Waals surface area contributed by atoms with E-state index in [-0.39, 0.29) is 5.82 Å². The van der Waals surface area contributed by atoms with Gasteiger partial charge in [0.15, 0.2) is 5.69 Å². The highest BCUT2D eigenvalue weighted by molar-refractivity contribution is 6.40. The van der Waals surface area contributed by atoms with Gasteiger partial charge < -0.3 is 18.0 Å². The first-order chi connectivity index (χ1) is 64.9. The second kappa shape index (κ2) is 26.4. The van der Waals surface area contributed by atoms with E-state index in [0.717, 1.165) is 88.1 Å². The number of rotatable bonds is 4. The van der Waals surface area contributed by atoms with Crippen LogP contribution in [0.4, 0.5) is 11.5 Å². The minimum atomic E-state index is 0.249. The van der Waals surface area contributed by atoms with E-state index in [1.807, 2.05) is 48.5 Å². The maximum absolute atomic E-state index is 7.92. The van der Waals surface area contributed by atoms with Gasteiger partial charge in [0.05, 0.1) is 112 Å². The van der Waals surface area contributed by atoms with Gasteiger partial charge in [-0.05, 0) is 142 Å². The Hall–Kier alpha value is -18.4. The molecule has 0 aliphatic rings. The zero-order chi connectivity index (χ0) is 85.9. The number of benzene rings is 17. The monoisotopic (exact) mass is 1670 g/mol. The lowest BCUT2D eigenvalue weighted by atomic mass is 10.0. The molecule has 14 heterocycles. The fraction of sp³-hybridized carbons (Fsp3) is 0.00870. The first-order valence-electron chi connectivity index (χ1n) is 43.8. The first kappa shape index (κ1) is 71.0. The molecule has 0 amide bonds. The molecule has 14 aromatic heterocycles. The SMILES string of the molecule is Cc1nc(-n2c3ccc4ccccc4c3c3cc4c5ccccc5n5c6ccccc6c(c32)c45)nc2ccccc12.[C-]#[N+]c1ccc(-c2nc(-n3c4ccc5ccccc5c4c4cc5c6ccccc6n6c7ccccc7c(c43)c56)nc3cccnc23)cc1.[C-]#[N+]c1nc(-n2c3ccc4ccccc4c3c3cc4c5ccccc5n5c6ccccc6c(c32)c45)nc2cccnc12. The number of pyridine rings is 2. The number of hydrogen-bond donors (Lipinski definition) is 0. The molecule has 0 atom stereocenters. The number of hydrogen-bond acceptors (Lipinski definition) is 8. The van der Waals surface area contributed by atoms with Crippen LogP contribution in [-0.4, -0.2) is 66.8 Å². The van der Waals surface area contributed by atoms with Gasteiger partial charge in [-0.2, -0.15) is 4.98 Å². The smallest absolute Gasteiger partial charge is 0.332 e. The van der Waals surface area contributed by atoms with Crippen molar-refractivity contribution >= 4 is 256 Å². The Morgan fingerprint density at radius 1 is 0.237 bits per heavy atom. The van der Waals surface area contributed by atoms with Crippen LogP contribution in [0.15, 0.2) is 358 Å². The predicted octanol–water partition coefficient (Wildman–Crippen LogP) is 29.0. The van der Waals surface area contributed by atoms with E-state index < -0.39 is 0 Å². The van der Waals surface area contributed by atoms with Crippen molar-refractivity contribution in [3.8, 4) is 29.1 Å². The van der Waals surface area contributed by atoms with Crippen LogP contribution in [0.25, 0.3) is 284 Å². The first-order valence-corrected chi connectivity index (χ1v) is 43.8. The van der Waals surface area contributed by atoms with Crippen molar-refractivity contribution in [3.05, 3.63) is 387 Å². The Balaban J connectivity index is 0.0000000969. The number of aromatic nitrogens is 14. The third kappa shape index (κ3) is 9.56. The molecule has 0 aliphatic heterocycles. The lowest BCUT2D eigenvalue weighted by molar-refractivity contribution is 0.992. The molecule has 602 valence electrons. The van der Waals surface area contributed by atoms with E-state index in [0.29, 0.717) is 34.6 Å². The van der Waals surface area contributed by atoms with Crippen molar-refractivity contribution in [2.24, 2.45) is 0 Å². The summed E-state index contributed by atoms with van der Waals surface area (Å²) in [4.78, 5) is 47.2. The quantitative estimate of drug-likeness (QED) is 0.159. The van der Waals surface area contributed by atoms with Crippen molar-refractivity contribution in [2.75, 3.05) is 0 Å². The van der Waals surface area contributed by atoms with E-state index in [2.05, 4.69) is 346 Å². The summed E-state index contributed by atoms with van der Waals surface area (Å²) in [5.74, 6) is 2.01. The van der Waals surface area contributed by atoms with E-state index in [4.69, 9.17) is 48.0 Å². The van der Waals surface area contributed by atoms with Crippen molar-refractivity contribution in [1.29, 1.82) is 0 Å². The van der Waals surface area contributed by atoms with Gasteiger partial charge in [-0.3, -0.25) is 23.7 Å². The molecular weight excluding hydrogens is 1610 g/mol. The Kier molecular flexibility index (Phi) is 14.3. The molecule has 0 radical (unpaired) electrons. The zero-order valence-electron chi connectivity index (χ0n) is 69.7. The third-order valence-electron chi connectivity index (χ3n) is 27.6. The molecule has 0 N–H and O–H groups in total. The minimum absolute atomic E-state index is 0.249. The zero-order valence-corrected chi connectivity index (χ0v) is 69.7. The second-order valence-electron chi connectivity index (χ2n) is 34.1. The van der Waals surface area contributed by atoms with Crippen molar-refractivity contribution in [1.82, 2.24) is 66.8 Å². The van der Waals surface area contributed by atoms with Crippen LogP contribution < -0.4 is 0 Å². The van der Waals surface area contributed by atoms with Crippen LogP contribution in [0.5, 0.6) is 0 Å². The molecule has 0 unspecified atom stereocenters. The standard InChI is InChI=1S/C42H22N6.C37H22N4.C36H18N6/c1-43-26-19-16-25(17-20-26)38-39-32(13-8-22-44-39)45-42(46-38)48-35-21-18-24-9-2-3-10-27(24)36(35)31-23-30-28-11-4-6-14-33(28)47-34-15-7-5-12-29(34)37(40(30)47)41(31)48;1-21-23-11-4-7-15-29(23)39-37(38-21)41-32-19-18-22-10-2-3-12-24(22)33(32)28-20-27-25-13-5-8-16-30(25)40-31-17-9-6-14-26(31)34(35(27)40)36(28)41;1-37-35-32-26(13-8-18-38-32)39-36(40-35)42-29-17-16-20-9-2-3-10-21(20)30(29)25-19-24-22-11-4-6-14-27(22)41-28-15-7-5-12-23(28)31(33(24)41)34(25)42/h2-23H;2-20H,1H3;2-19H. The van der Waals surface area contributed by atoms with Crippen LogP contribution in [-0.2, 0) is 0 Å². The van der Waals surface area contributed by atoms with Crippen LogP contribution in [0.1, 0.15) is 5.69 Å². The summed E-state index contributed by atoms with van der Waals surface area (Å²) < 4.78 is 14.0. The summed E-state index contributed by atoms with van der Waals surface area (Å²) in [7, 11) is 0. The third-order valence-corrected chi connectivity index (χ3v) is 27.6. The Morgan fingerprint density at radius 2 is 0.573 bits per heavy atom. The molecular formula is C115H62N16. The van der Waals surface area contributed by atoms with Crippen LogP contribution in [0.2, 0.25) is 0 Å². The lowest BCUT2D eigenvalue weighted by Gasteiger charge is -2.12. The number of aryl methyl sites for hydroxylation is 1. The van der Waals surface area contributed by atoms with Crippen molar-refractivity contribution in [2.45, 2.75) is 6.92 Å². The minimum Gasteiger partial charge on any atom is -0.359 e. The molecule has 0 bridgehead atoms. The Labute approximate surface area is 741 Å². The van der Waals surface area contributed by atoms with Gasteiger partial charge in [0, 0.05) is 120 Å². The summed E-state index contributed by atoms with van der Waals surface area (Å²) in [6.07, 6.45) is 3.46. The van der Waals surface area contributed by atoms with Gasteiger partial charge in [-0.1, -0.05) is 254 Å². The summed E-state index contributed by atoms with van der Waals surface area (Å²) in [5.41, 5.74) is 24.1. The lowest BCUT2D eigenvalue weighted by Crippen LogP contribution is -2.04. The molecule has 31 aromatic rings.